The molecule has 0 aliphatic heterocycles. The van der Waals surface area contributed by atoms with Gasteiger partial charge in [-0.05, 0) is 49.4 Å². The standard InChI is InChI=1S/C22H24N2O3/c25-15-16-6-8-17(9-7-16)20-14-21(22(27)12-10-19(26)11-13-22)23-24(20)18-4-2-1-3-5-18/h1-9,14,19,25-27H,10-13,15H2. The van der Waals surface area contributed by atoms with Gasteiger partial charge in [-0.3, -0.25) is 0 Å². The van der Waals surface area contributed by atoms with Crippen molar-refractivity contribution in [3.63, 3.8) is 0 Å². The fourth-order valence-corrected chi connectivity index (χ4v) is 3.70. The molecule has 3 N–H and O–H groups in total. The van der Waals surface area contributed by atoms with Gasteiger partial charge in [0.15, 0.2) is 0 Å². The fourth-order valence-electron chi connectivity index (χ4n) is 3.70. The Labute approximate surface area is 158 Å². The Bertz CT molecular complexity index is 895. The molecule has 5 nitrogen and oxygen atoms in total. The van der Waals surface area contributed by atoms with Gasteiger partial charge in [0.05, 0.1) is 29.8 Å². The van der Waals surface area contributed by atoms with E-state index in [0.717, 1.165) is 22.5 Å². The van der Waals surface area contributed by atoms with Crippen molar-refractivity contribution < 1.29 is 15.3 Å². The van der Waals surface area contributed by atoms with Gasteiger partial charge < -0.3 is 15.3 Å². The lowest BCUT2D eigenvalue weighted by atomic mass is 9.81. The minimum Gasteiger partial charge on any atom is -0.393 e. The second-order valence-electron chi connectivity index (χ2n) is 7.28. The molecule has 3 aromatic rings. The molecule has 1 aliphatic carbocycles. The lowest BCUT2D eigenvalue weighted by Crippen LogP contribution is -2.33. The van der Waals surface area contributed by atoms with Crippen LogP contribution >= 0.6 is 0 Å². The molecule has 1 heterocycles. The van der Waals surface area contributed by atoms with Crippen molar-refractivity contribution >= 4 is 0 Å². The zero-order chi connectivity index (χ0) is 18.9. The van der Waals surface area contributed by atoms with Gasteiger partial charge in [-0.2, -0.15) is 5.10 Å². The van der Waals surface area contributed by atoms with Crippen LogP contribution < -0.4 is 0 Å². The van der Waals surface area contributed by atoms with Gasteiger partial charge in [-0.15, -0.1) is 0 Å². The second-order valence-corrected chi connectivity index (χ2v) is 7.28. The van der Waals surface area contributed by atoms with Crippen LogP contribution in [-0.4, -0.2) is 31.2 Å². The van der Waals surface area contributed by atoms with Crippen LogP contribution in [0.3, 0.4) is 0 Å². The quantitative estimate of drug-likeness (QED) is 0.664. The van der Waals surface area contributed by atoms with Crippen molar-refractivity contribution in [2.75, 3.05) is 0 Å². The normalized spacial score (nSPS) is 22.7. The van der Waals surface area contributed by atoms with Gasteiger partial charge in [-0.25, -0.2) is 4.68 Å². The molecular weight excluding hydrogens is 340 g/mol. The number of hydrogen-bond acceptors (Lipinski definition) is 4. The average Bonchev–Trinajstić information content (AvgIpc) is 3.17. The van der Waals surface area contributed by atoms with Crippen molar-refractivity contribution in [2.45, 2.75) is 44.0 Å². The Hall–Kier alpha value is -2.47. The van der Waals surface area contributed by atoms with E-state index in [1.54, 1.807) is 0 Å². The van der Waals surface area contributed by atoms with E-state index in [1.165, 1.54) is 0 Å². The summed E-state index contributed by atoms with van der Waals surface area (Å²) in [6, 6.07) is 19.5. The summed E-state index contributed by atoms with van der Waals surface area (Å²) in [5.41, 5.74) is 3.25. The van der Waals surface area contributed by atoms with E-state index in [2.05, 4.69) is 0 Å². The van der Waals surface area contributed by atoms with Crippen LogP contribution in [0.2, 0.25) is 0 Å². The molecule has 1 fully saturated rings. The third kappa shape index (κ3) is 3.54. The summed E-state index contributed by atoms with van der Waals surface area (Å²) in [7, 11) is 0. The second kappa shape index (κ2) is 7.27. The molecular formula is C22H24N2O3. The van der Waals surface area contributed by atoms with Gasteiger partial charge in [0.25, 0.3) is 0 Å². The molecule has 1 aliphatic rings. The average molecular weight is 364 g/mol. The SMILES string of the molecule is OCc1ccc(-c2cc(C3(O)CCC(O)CC3)nn2-c2ccccc2)cc1. The van der Waals surface area contributed by atoms with E-state index >= 15 is 0 Å². The Balaban J connectivity index is 1.80. The van der Waals surface area contributed by atoms with Crippen molar-refractivity contribution in [2.24, 2.45) is 0 Å². The predicted octanol–water partition coefficient (Wildman–Crippen LogP) is 3.15. The van der Waals surface area contributed by atoms with Crippen LogP contribution in [0.5, 0.6) is 0 Å². The highest BCUT2D eigenvalue weighted by Gasteiger charge is 2.37. The van der Waals surface area contributed by atoms with Crippen molar-refractivity contribution in [1.29, 1.82) is 0 Å². The molecule has 0 amide bonds. The smallest absolute Gasteiger partial charge is 0.109 e. The molecule has 5 heteroatoms. The third-order valence-electron chi connectivity index (χ3n) is 5.40. The van der Waals surface area contributed by atoms with E-state index < -0.39 is 5.60 Å². The van der Waals surface area contributed by atoms with Crippen LogP contribution in [0.1, 0.15) is 36.9 Å². The zero-order valence-electron chi connectivity index (χ0n) is 15.1. The first-order valence-electron chi connectivity index (χ1n) is 9.36. The van der Waals surface area contributed by atoms with Gasteiger partial charge in [0, 0.05) is 5.56 Å². The highest BCUT2D eigenvalue weighted by atomic mass is 16.3. The number of benzene rings is 2. The Morgan fingerprint density at radius 2 is 1.67 bits per heavy atom. The molecule has 140 valence electrons. The van der Waals surface area contributed by atoms with E-state index in [4.69, 9.17) is 5.10 Å². The maximum Gasteiger partial charge on any atom is 0.109 e. The number of aliphatic hydroxyl groups excluding tert-OH is 2. The van der Waals surface area contributed by atoms with Crippen LogP contribution in [0.25, 0.3) is 16.9 Å². The first kappa shape index (κ1) is 17.9. The lowest BCUT2D eigenvalue weighted by molar-refractivity contribution is -0.0393. The van der Waals surface area contributed by atoms with Gasteiger partial charge in [0.2, 0.25) is 0 Å². The van der Waals surface area contributed by atoms with Crippen molar-refractivity contribution in [3.8, 4) is 16.9 Å². The molecule has 0 saturated heterocycles. The maximum atomic E-state index is 11.2. The first-order valence-corrected chi connectivity index (χ1v) is 9.36. The van der Waals surface area contributed by atoms with Gasteiger partial charge in [0.1, 0.15) is 5.60 Å². The Morgan fingerprint density at radius 1 is 1.00 bits per heavy atom. The first-order chi connectivity index (χ1) is 13.1. The Kier molecular flexibility index (Phi) is 4.83. The van der Waals surface area contributed by atoms with Crippen LogP contribution in [0, 0.1) is 0 Å². The number of hydrogen-bond donors (Lipinski definition) is 3. The summed E-state index contributed by atoms with van der Waals surface area (Å²) in [5.74, 6) is 0. The largest absolute Gasteiger partial charge is 0.393 e. The van der Waals surface area contributed by atoms with Gasteiger partial charge in [-0.1, -0.05) is 42.5 Å². The molecule has 0 radical (unpaired) electrons. The number of nitrogens with zero attached hydrogens (tertiary/aromatic N) is 2. The van der Waals surface area contributed by atoms with E-state index in [9.17, 15) is 15.3 Å². The molecule has 1 saturated carbocycles. The third-order valence-corrected chi connectivity index (χ3v) is 5.40. The number of aliphatic hydroxyl groups is 3. The topological polar surface area (TPSA) is 78.5 Å². The summed E-state index contributed by atoms with van der Waals surface area (Å²) in [4.78, 5) is 0. The van der Waals surface area contributed by atoms with Crippen molar-refractivity contribution in [1.82, 2.24) is 9.78 Å². The lowest BCUT2D eigenvalue weighted by Gasteiger charge is -2.32. The molecule has 0 atom stereocenters. The van der Waals surface area contributed by atoms with Crippen molar-refractivity contribution in [3.05, 3.63) is 71.9 Å². The number of aromatic nitrogens is 2. The van der Waals surface area contributed by atoms with Gasteiger partial charge >= 0.3 is 0 Å². The molecule has 2 aromatic carbocycles. The number of rotatable bonds is 4. The monoisotopic (exact) mass is 364 g/mol. The summed E-state index contributed by atoms with van der Waals surface area (Å²) in [5, 5.41) is 35.0. The summed E-state index contributed by atoms with van der Waals surface area (Å²) < 4.78 is 1.85. The number of para-hydroxylation sites is 1. The fraction of sp³-hybridized carbons (Fsp3) is 0.318. The molecule has 27 heavy (non-hydrogen) atoms. The summed E-state index contributed by atoms with van der Waals surface area (Å²) >= 11 is 0. The Morgan fingerprint density at radius 3 is 2.30 bits per heavy atom. The van der Waals surface area contributed by atoms with Crippen LogP contribution in [0.15, 0.2) is 60.7 Å². The van der Waals surface area contributed by atoms with Crippen LogP contribution in [0.4, 0.5) is 0 Å². The van der Waals surface area contributed by atoms with E-state index in [-0.39, 0.29) is 12.7 Å². The molecule has 1 aromatic heterocycles. The van der Waals surface area contributed by atoms with E-state index in [0.29, 0.717) is 31.4 Å². The molecule has 0 bridgehead atoms. The molecule has 0 unspecified atom stereocenters. The highest BCUT2D eigenvalue weighted by molar-refractivity contribution is 5.63. The predicted molar refractivity (Wildman–Crippen MR) is 103 cm³/mol. The molecule has 0 spiro atoms. The van der Waals surface area contributed by atoms with E-state index in [1.807, 2.05) is 65.3 Å². The highest BCUT2D eigenvalue weighted by Crippen LogP contribution is 2.38. The maximum absolute atomic E-state index is 11.2. The minimum absolute atomic E-state index is 0.00551. The zero-order valence-corrected chi connectivity index (χ0v) is 15.1. The summed E-state index contributed by atoms with van der Waals surface area (Å²) in [6.45, 7) is 0.00551. The van der Waals surface area contributed by atoms with Crippen LogP contribution in [-0.2, 0) is 12.2 Å². The minimum atomic E-state index is -1.01. The molecule has 4 rings (SSSR count). The summed E-state index contributed by atoms with van der Waals surface area (Å²) in [6.07, 6.45) is 1.82.